The molecule has 1 atom stereocenters. The Morgan fingerprint density at radius 3 is 2.67 bits per heavy atom. The molecule has 0 saturated carbocycles. The van der Waals surface area contributed by atoms with E-state index in [9.17, 15) is 5.11 Å². The number of hydrogen-bond acceptors (Lipinski definition) is 4. The van der Waals surface area contributed by atoms with Crippen LogP contribution in [0, 0.1) is 0 Å². The molecule has 0 saturated heterocycles. The molecule has 0 radical (unpaired) electrons. The monoisotopic (exact) mass is 323 g/mol. The Kier molecular flexibility index (Phi) is 4.79. The van der Waals surface area contributed by atoms with Crippen molar-refractivity contribution in [1.82, 2.24) is 15.0 Å². The maximum atomic E-state index is 10.3. The molecule has 5 heteroatoms. The summed E-state index contributed by atoms with van der Waals surface area (Å²) in [6, 6.07) is 15.7. The van der Waals surface area contributed by atoms with Gasteiger partial charge in [0.05, 0.1) is 19.3 Å². The lowest BCUT2D eigenvalue weighted by atomic mass is 9.95. The summed E-state index contributed by atoms with van der Waals surface area (Å²) in [5.74, 6) is 0.804. The van der Waals surface area contributed by atoms with Crippen LogP contribution in [0.2, 0.25) is 0 Å². The van der Waals surface area contributed by atoms with Crippen molar-refractivity contribution in [2.45, 2.75) is 25.8 Å². The van der Waals surface area contributed by atoms with Crippen LogP contribution in [0.15, 0.2) is 54.7 Å². The van der Waals surface area contributed by atoms with Gasteiger partial charge >= 0.3 is 0 Å². The molecule has 1 aromatic heterocycles. The van der Waals surface area contributed by atoms with E-state index in [2.05, 4.69) is 29.4 Å². The molecule has 0 bridgehead atoms. The van der Waals surface area contributed by atoms with Gasteiger partial charge in [0.2, 0.25) is 0 Å². The number of aromatic nitrogens is 3. The summed E-state index contributed by atoms with van der Waals surface area (Å²) in [6.45, 7) is 2.76. The van der Waals surface area contributed by atoms with Gasteiger partial charge in [-0.3, -0.25) is 0 Å². The number of hydrogen-bond donors (Lipinski definition) is 1. The fraction of sp³-hybridized carbons (Fsp3) is 0.263. The quantitative estimate of drug-likeness (QED) is 0.755. The first-order valence-electron chi connectivity index (χ1n) is 7.96. The molecule has 0 aliphatic heterocycles. The molecule has 2 aromatic carbocycles. The number of methoxy groups -OCH3 is 1. The smallest absolute Gasteiger partial charge is 0.161 e. The zero-order chi connectivity index (χ0) is 16.9. The molecule has 0 aliphatic carbocycles. The number of nitrogens with zero attached hydrogens (tertiary/aromatic N) is 3. The van der Waals surface area contributed by atoms with E-state index in [0.29, 0.717) is 18.7 Å². The van der Waals surface area contributed by atoms with Gasteiger partial charge in [-0.15, -0.1) is 5.10 Å². The largest absolute Gasteiger partial charge is 0.504 e. The summed E-state index contributed by atoms with van der Waals surface area (Å²) in [5, 5.41) is 18.7. The van der Waals surface area contributed by atoms with Crippen molar-refractivity contribution in [2.24, 2.45) is 0 Å². The van der Waals surface area contributed by atoms with Gasteiger partial charge < -0.3 is 9.84 Å². The summed E-state index contributed by atoms with van der Waals surface area (Å²) >= 11 is 0. The Labute approximate surface area is 141 Å². The van der Waals surface area contributed by atoms with E-state index >= 15 is 0 Å². The van der Waals surface area contributed by atoms with Gasteiger partial charge in [0, 0.05) is 11.8 Å². The molecular weight excluding hydrogens is 302 g/mol. The van der Waals surface area contributed by atoms with Crippen LogP contribution >= 0.6 is 0 Å². The zero-order valence-electron chi connectivity index (χ0n) is 13.9. The minimum absolute atomic E-state index is 0.113. The van der Waals surface area contributed by atoms with Gasteiger partial charge in [-0.2, -0.15) is 0 Å². The molecule has 0 fully saturated rings. The van der Waals surface area contributed by atoms with Crippen LogP contribution in [0.4, 0.5) is 0 Å². The molecular formula is C19H21N3O2. The van der Waals surface area contributed by atoms with Crippen molar-refractivity contribution in [3.05, 3.63) is 71.5 Å². The number of para-hydroxylation sites is 1. The number of phenols is 1. The van der Waals surface area contributed by atoms with Crippen molar-refractivity contribution in [3.63, 3.8) is 0 Å². The Balaban J connectivity index is 1.70. The second kappa shape index (κ2) is 7.17. The van der Waals surface area contributed by atoms with Gasteiger partial charge in [0.25, 0.3) is 0 Å². The molecule has 3 rings (SSSR count). The molecule has 0 amide bonds. The number of benzene rings is 2. The molecule has 1 unspecified atom stereocenters. The second-order valence-corrected chi connectivity index (χ2v) is 5.90. The van der Waals surface area contributed by atoms with E-state index in [1.54, 1.807) is 13.2 Å². The molecule has 124 valence electrons. The Bertz CT molecular complexity index is 799. The molecule has 5 nitrogen and oxygen atoms in total. The molecule has 3 aromatic rings. The van der Waals surface area contributed by atoms with Gasteiger partial charge in [0.1, 0.15) is 0 Å². The maximum absolute atomic E-state index is 10.3. The minimum Gasteiger partial charge on any atom is -0.504 e. The fourth-order valence-corrected chi connectivity index (χ4v) is 2.81. The average molecular weight is 323 g/mol. The first-order chi connectivity index (χ1) is 11.7. The normalized spacial score (nSPS) is 12.1. The Morgan fingerprint density at radius 1 is 1.12 bits per heavy atom. The summed E-state index contributed by atoms with van der Waals surface area (Å²) in [4.78, 5) is 0. The van der Waals surface area contributed by atoms with Crippen molar-refractivity contribution >= 4 is 0 Å². The minimum atomic E-state index is 0.113. The highest BCUT2D eigenvalue weighted by atomic mass is 16.5. The molecule has 1 N–H and O–H groups in total. The molecule has 24 heavy (non-hydrogen) atoms. The third kappa shape index (κ3) is 3.56. The second-order valence-electron chi connectivity index (χ2n) is 5.90. The Morgan fingerprint density at radius 2 is 1.92 bits per heavy atom. The van der Waals surface area contributed by atoms with Crippen LogP contribution in [0.25, 0.3) is 0 Å². The number of aromatic hydroxyl groups is 1. The van der Waals surface area contributed by atoms with Crippen molar-refractivity contribution in [2.75, 3.05) is 7.11 Å². The van der Waals surface area contributed by atoms with E-state index < -0.39 is 0 Å². The molecule has 0 spiro atoms. The lowest BCUT2D eigenvalue weighted by molar-refractivity contribution is 0.369. The van der Waals surface area contributed by atoms with E-state index in [-0.39, 0.29) is 11.7 Å². The lowest BCUT2D eigenvalue weighted by Gasteiger charge is -2.14. The lowest BCUT2D eigenvalue weighted by Crippen LogP contribution is -2.01. The van der Waals surface area contributed by atoms with Crippen LogP contribution in [0.5, 0.6) is 11.5 Å². The van der Waals surface area contributed by atoms with Crippen LogP contribution in [-0.4, -0.2) is 27.2 Å². The van der Waals surface area contributed by atoms with E-state index in [4.69, 9.17) is 4.74 Å². The fourth-order valence-electron chi connectivity index (χ4n) is 2.81. The molecule has 0 aliphatic rings. The third-order valence-corrected chi connectivity index (χ3v) is 4.07. The predicted molar refractivity (Wildman–Crippen MR) is 92.3 cm³/mol. The van der Waals surface area contributed by atoms with Crippen LogP contribution < -0.4 is 4.74 Å². The summed E-state index contributed by atoms with van der Waals surface area (Å²) in [5.41, 5.74) is 2.94. The predicted octanol–water partition coefficient (Wildman–Crippen LogP) is 3.39. The average Bonchev–Trinajstić information content (AvgIpc) is 3.02. The van der Waals surface area contributed by atoms with Crippen molar-refractivity contribution < 1.29 is 9.84 Å². The molecule has 1 heterocycles. The highest BCUT2D eigenvalue weighted by Gasteiger charge is 2.16. The zero-order valence-corrected chi connectivity index (χ0v) is 13.9. The topological polar surface area (TPSA) is 60.2 Å². The van der Waals surface area contributed by atoms with Gasteiger partial charge in [-0.1, -0.05) is 54.6 Å². The van der Waals surface area contributed by atoms with Crippen LogP contribution in [0.3, 0.4) is 0 Å². The number of phenolic OH excluding ortho intramolecular Hbond substituents is 1. The van der Waals surface area contributed by atoms with Gasteiger partial charge in [-0.05, 0) is 24.0 Å². The summed E-state index contributed by atoms with van der Waals surface area (Å²) in [7, 11) is 1.55. The van der Waals surface area contributed by atoms with Crippen molar-refractivity contribution in [3.8, 4) is 11.5 Å². The number of rotatable bonds is 6. The summed E-state index contributed by atoms with van der Waals surface area (Å²) < 4.78 is 7.01. The Hall–Kier alpha value is -2.82. The van der Waals surface area contributed by atoms with Gasteiger partial charge in [0.15, 0.2) is 11.5 Å². The highest BCUT2D eigenvalue weighted by molar-refractivity contribution is 5.47. The van der Waals surface area contributed by atoms with E-state index in [0.717, 1.165) is 11.3 Å². The standard InChI is InChI=1S/C19H21N3O2/c1-14(17-9-6-10-18(24-2)19(17)23)11-16-13-22(21-20-16)12-15-7-4-3-5-8-15/h3-10,13-14,23H,11-12H2,1-2H3. The van der Waals surface area contributed by atoms with E-state index in [1.807, 2.05) is 41.2 Å². The highest BCUT2D eigenvalue weighted by Crippen LogP contribution is 2.35. The van der Waals surface area contributed by atoms with Gasteiger partial charge in [-0.25, -0.2) is 4.68 Å². The number of ether oxygens (including phenoxy) is 1. The van der Waals surface area contributed by atoms with Crippen molar-refractivity contribution in [1.29, 1.82) is 0 Å². The van der Waals surface area contributed by atoms with E-state index in [1.165, 1.54) is 5.56 Å². The first-order valence-corrected chi connectivity index (χ1v) is 7.96. The maximum Gasteiger partial charge on any atom is 0.161 e. The van der Waals surface area contributed by atoms with Crippen LogP contribution in [-0.2, 0) is 13.0 Å². The van der Waals surface area contributed by atoms with Crippen LogP contribution in [0.1, 0.15) is 29.7 Å². The summed E-state index contributed by atoms with van der Waals surface area (Å²) in [6.07, 6.45) is 2.66. The SMILES string of the molecule is COc1cccc(C(C)Cc2cn(Cc3ccccc3)nn2)c1O. The first kappa shape index (κ1) is 16.1. The third-order valence-electron chi connectivity index (χ3n) is 4.07.